The highest BCUT2D eigenvalue weighted by Gasteiger charge is 2.32. The van der Waals surface area contributed by atoms with Gasteiger partial charge in [-0.05, 0) is 30.1 Å². The third-order valence-corrected chi connectivity index (χ3v) is 3.70. The maximum Gasteiger partial charge on any atom is 0.417 e. The van der Waals surface area contributed by atoms with Crippen LogP contribution >= 0.6 is 11.5 Å². The van der Waals surface area contributed by atoms with Crippen LogP contribution in [0.2, 0.25) is 0 Å². The Labute approximate surface area is 127 Å². The average Bonchev–Trinajstić information content (AvgIpc) is 2.96. The van der Waals surface area contributed by atoms with E-state index in [1.54, 1.807) is 13.0 Å². The van der Waals surface area contributed by atoms with Gasteiger partial charge < -0.3 is 0 Å². The van der Waals surface area contributed by atoms with Crippen molar-refractivity contribution in [2.45, 2.75) is 25.4 Å². The molecule has 0 bridgehead atoms. The molecule has 0 spiro atoms. The number of aryl methyl sites for hydroxylation is 1. The molecule has 9 heteroatoms. The number of aromatic nitrogens is 3. The van der Waals surface area contributed by atoms with Gasteiger partial charge >= 0.3 is 6.18 Å². The molecule has 2 heterocycles. The lowest BCUT2D eigenvalue weighted by atomic mass is 9.98. The average molecular weight is 326 g/mol. The van der Waals surface area contributed by atoms with Crippen LogP contribution in [0.4, 0.5) is 13.2 Å². The lowest BCUT2D eigenvalue weighted by Crippen LogP contribution is -2.14. The van der Waals surface area contributed by atoms with Crippen molar-refractivity contribution in [2.24, 2.45) is 0 Å². The van der Waals surface area contributed by atoms with Crippen LogP contribution in [0.15, 0.2) is 18.3 Å². The number of carbonyl (C=O) groups is 1. The number of nitrogens with zero attached hydrogens (tertiary/aromatic N) is 4. The van der Waals surface area contributed by atoms with Gasteiger partial charge in [-0.2, -0.15) is 18.4 Å². The molecule has 2 aromatic heterocycles. The summed E-state index contributed by atoms with van der Waals surface area (Å²) in [6, 6.07) is 3.61. The first-order valence-electron chi connectivity index (χ1n) is 6.16. The largest absolute Gasteiger partial charge is 0.417 e. The van der Waals surface area contributed by atoms with Crippen molar-refractivity contribution in [3.05, 3.63) is 40.2 Å². The van der Waals surface area contributed by atoms with Crippen molar-refractivity contribution < 1.29 is 18.0 Å². The molecule has 0 radical (unpaired) electrons. The Morgan fingerprint density at radius 2 is 2.18 bits per heavy atom. The van der Waals surface area contributed by atoms with Crippen LogP contribution in [0.5, 0.6) is 0 Å². The van der Waals surface area contributed by atoms with E-state index in [-0.39, 0.29) is 10.6 Å². The molecule has 0 saturated carbocycles. The van der Waals surface area contributed by atoms with E-state index in [4.69, 9.17) is 0 Å². The number of carbonyl (C=O) groups excluding carboxylic acids is 1. The number of hydrogen-bond donors (Lipinski definition) is 0. The van der Waals surface area contributed by atoms with Gasteiger partial charge in [-0.1, -0.05) is 11.4 Å². The normalized spacial score (nSPS) is 12.7. The Morgan fingerprint density at radius 1 is 1.45 bits per heavy atom. The summed E-state index contributed by atoms with van der Waals surface area (Å²) in [4.78, 5) is 16.2. The Morgan fingerprint density at radius 3 is 2.68 bits per heavy atom. The SMILES string of the molecule is CCc1nnsc1C(=O)C(C#N)c1ccc(C(F)(F)F)cn1. The molecule has 0 saturated heterocycles. The predicted octanol–water partition coefficient (Wildman–Crippen LogP) is 3.00. The Hall–Kier alpha value is -2.34. The number of alkyl halides is 3. The van der Waals surface area contributed by atoms with Gasteiger partial charge in [0, 0.05) is 6.20 Å². The quantitative estimate of drug-likeness (QED) is 0.807. The minimum Gasteiger partial charge on any atom is -0.291 e. The van der Waals surface area contributed by atoms with E-state index in [0.29, 0.717) is 18.3 Å². The molecular formula is C13H9F3N4OS. The van der Waals surface area contributed by atoms with Crippen LogP contribution in [0.1, 0.15) is 39.5 Å². The molecule has 0 aromatic carbocycles. The molecule has 0 amide bonds. The van der Waals surface area contributed by atoms with Gasteiger partial charge in [0.2, 0.25) is 0 Å². The predicted molar refractivity (Wildman–Crippen MR) is 71.2 cm³/mol. The molecule has 0 aliphatic heterocycles. The fraction of sp³-hybridized carbons (Fsp3) is 0.308. The van der Waals surface area contributed by atoms with E-state index >= 15 is 0 Å². The Balaban J connectivity index is 2.33. The van der Waals surface area contributed by atoms with Gasteiger partial charge in [-0.25, -0.2) is 0 Å². The van der Waals surface area contributed by atoms with E-state index in [9.17, 15) is 23.2 Å². The molecular weight excluding hydrogens is 317 g/mol. The van der Waals surface area contributed by atoms with Gasteiger partial charge in [0.1, 0.15) is 4.88 Å². The summed E-state index contributed by atoms with van der Waals surface area (Å²) in [7, 11) is 0. The summed E-state index contributed by atoms with van der Waals surface area (Å²) >= 11 is 0.858. The van der Waals surface area contributed by atoms with E-state index < -0.39 is 23.4 Å². The highest BCUT2D eigenvalue weighted by molar-refractivity contribution is 7.08. The third kappa shape index (κ3) is 3.12. The smallest absolute Gasteiger partial charge is 0.291 e. The number of pyridine rings is 1. The molecule has 1 atom stereocenters. The van der Waals surface area contributed by atoms with Crippen molar-refractivity contribution >= 4 is 17.3 Å². The maximum absolute atomic E-state index is 12.5. The zero-order valence-electron chi connectivity index (χ0n) is 11.3. The van der Waals surface area contributed by atoms with Gasteiger partial charge in [-0.15, -0.1) is 5.10 Å². The summed E-state index contributed by atoms with van der Waals surface area (Å²) in [6.45, 7) is 1.78. The highest BCUT2D eigenvalue weighted by atomic mass is 32.1. The van der Waals surface area contributed by atoms with Crippen molar-refractivity contribution in [3.8, 4) is 6.07 Å². The Kier molecular flexibility index (Phi) is 4.51. The summed E-state index contributed by atoms with van der Waals surface area (Å²) in [5.41, 5.74) is -0.507. The molecule has 0 fully saturated rings. The van der Waals surface area contributed by atoms with Crippen molar-refractivity contribution in [2.75, 3.05) is 0 Å². The second kappa shape index (κ2) is 6.19. The highest BCUT2D eigenvalue weighted by Crippen LogP contribution is 2.30. The second-order valence-electron chi connectivity index (χ2n) is 4.30. The van der Waals surface area contributed by atoms with Crippen LogP contribution in [0.25, 0.3) is 0 Å². The molecule has 2 aromatic rings. The molecule has 22 heavy (non-hydrogen) atoms. The fourth-order valence-corrected chi connectivity index (χ4v) is 2.48. The Bertz CT molecular complexity index is 718. The lowest BCUT2D eigenvalue weighted by Gasteiger charge is -2.09. The zero-order valence-corrected chi connectivity index (χ0v) is 12.1. The van der Waals surface area contributed by atoms with Gasteiger partial charge in [-0.3, -0.25) is 9.78 Å². The van der Waals surface area contributed by atoms with Crippen molar-refractivity contribution in [3.63, 3.8) is 0 Å². The standard InChI is InChI=1S/C13H9F3N4OS/c1-2-9-12(22-20-19-9)11(21)8(5-17)10-4-3-7(6-18-10)13(14,15)16/h3-4,6,8H,2H2,1H3. The number of Topliss-reactive ketones (excluding diaryl/α,β-unsaturated/α-hetero) is 1. The minimum absolute atomic E-state index is 0.0315. The summed E-state index contributed by atoms with van der Waals surface area (Å²) in [5.74, 6) is -1.84. The first kappa shape index (κ1) is 16.0. The summed E-state index contributed by atoms with van der Waals surface area (Å²) < 4.78 is 41.2. The topological polar surface area (TPSA) is 79.5 Å². The lowest BCUT2D eigenvalue weighted by molar-refractivity contribution is -0.137. The molecule has 1 unspecified atom stereocenters. The minimum atomic E-state index is -4.52. The molecule has 5 nitrogen and oxygen atoms in total. The first-order valence-corrected chi connectivity index (χ1v) is 6.94. The number of hydrogen-bond acceptors (Lipinski definition) is 6. The molecule has 0 N–H and O–H groups in total. The van der Waals surface area contributed by atoms with E-state index in [0.717, 1.165) is 23.7 Å². The van der Waals surface area contributed by atoms with Gasteiger partial charge in [0.25, 0.3) is 0 Å². The monoisotopic (exact) mass is 326 g/mol. The number of halogens is 3. The number of rotatable bonds is 4. The summed E-state index contributed by atoms with van der Waals surface area (Å²) in [5, 5.41) is 13.0. The zero-order chi connectivity index (χ0) is 16.3. The number of nitriles is 1. The van der Waals surface area contributed by atoms with Crippen LogP contribution in [0.3, 0.4) is 0 Å². The maximum atomic E-state index is 12.5. The van der Waals surface area contributed by atoms with Crippen LogP contribution in [-0.2, 0) is 12.6 Å². The van der Waals surface area contributed by atoms with Crippen LogP contribution in [-0.4, -0.2) is 20.4 Å². The van der Waals surface area contributed by atoms with Gasteiger partial charge in [0.15, 0.2) is 11.7 Å². The first-order chi connectivity index (χ1) is 10.4. The fourth-order valence-electron chi connectivity index (χ4n) is 1.76. The number of ketones is 1. The van der Waals surface area contributed by atoms with Crippen LogP contribution < -0.4 is 0 Å². The molecule has 114 valence electrons. The molecule has 2 rings (SSSR count). The summed E-state index contributed by atoms with van der Waals surface area (Å²) in [6.07, 6.45) is -3.44. The molecule has 0 aliphatic rings. The second-order valence-corrected chi connectivity index (χ2v) is 5.05. The van der Waals surface area contributed by atoms with E-state index in [1.807, 2.05) is 0 Å². The van der Waals surface area contributed by atoms with Gasteiger partial charge in [0.05, 0.1) is 23.0 Å². The van der Waals surface area contributed by atoms with E-state index in [2.05, 4.69) is 14.6 Å². The van der Waals surface area contributed by atoms with Crippen molar-refractivity contribution in [1.29, 1.82) is 5.26 Å². The molecule has 0 aliphatic carbocycles. The third-order valence-electron chi connectivity index (χ3n) is 2.92. The van der Waals surface area contributed by atoms with Crippen LogP contribution in [0, 0.1) is 11.3 Å². The van der Waals surface area contributed by atoms with E-state index in [1.165, 1.54) is 0 Å². The van der Waals surface area contributed by atoms with Crippen molar-refractivity contribution in [1.82, 2.24) is 14.6 Å².